The summed E-state index contributed by atoms with van der Waals surface area (Å²) in [5.41, 5.74) is 28.5. The highest BCUT2D eigenvalue weighted by Crippen LogP contribution is 2.00. The molecule has 7 atom stereocenters. The Labute approximate surface area is 249 Å². The summed E-state index contributed by atoms with van der Waals surface area (Å²) in [7, 11) is 0. The first-order chi connectivity index (χ1) is 20.2. The van der Waals surface area contributed by atoms with Crippen LogP contribution in [0.2, 0.25) is 0 Å². The standard InChI is InChI=1S/C24H46N12O7/c1-11-18(37)30-10-6-13(28)20(39)34-16(5-9-27)23(42)36-17(29)24(43)32-12(2)19(38)33-15(4-8-26)22(41)35-14(3-7-25)21(40)31-11/h11-17H,3-10,25-29H2,1-2H3,(H,30,37)(H,31,40)(H,32,43)(H,33,38)(H,34,39)(H,35,41)(H,36,42)/t11-,12-,13-,14-,15-,16-,17-/m0/s1. The zero-order valence-corrected chi connectivity index (χ0v) is 24.4. The number of amides is 7. The highest BCUT2D eigenvalue weighted by molar-refractivity contribution is 5.97. The molecule has 1 saturated heterocycles. The molecule has 0 aromatic rings. The molecule has 0 saturated carbocycles. The Bertz CT molecular complexity index is 1010. The van der Waals surface area contributed by atoms with Crippen LogP contribution in [0.1, 0.15) is 39.5 Å². The van der Waals surface area contributed by atoms with Gasteiger partial charge in [0, 0.05) is 6.54 Å². The first-order valence-corrected chi connectivity index (χ1v) is 14.0. The quantitative estimate of drug-likeness (QED) is 0.133. The summed E-state index contributed by atoms with van der Waals surface area (Å²) in [5.74, 6) is -5.31. The largest absolute Gasteiger partial charge is 0.354 e. The zero-order chi connectivity index (χ0) is 32.7. The highest BCUT2D eigenvalue weighted by Gasteiger charge is 2.31. The van der Waals surface area contributed by atoms with E-state index in [9.17, 15) is 33.6 Å². The fourth-order valence-electron chi connectivity index (χ4n) is 3.86. The van der Waals surface area contributed by atoms with E-state index >= 15 is 0 Å². The molecule has 1 heterocycles. The molecule has 17 N–H and O–H groups in total. The first-order valence-electron chi connectivity index (χ1n) is 14.0. The van der Waals surface area contributed by atoms with Crippen molar-refractivity contribution in [3.05, 3.63) is 0 Å². The zero-order valence-electron chi connectivity index (χ0n) is 24.4. The van der Waals surface area contributed by atoms with Crippen LogP contribution in [0.15, 0.2) is 0 Å². The molecule has 0 bridgehead atoms. The number of rotatable bonds is 6. The molecule has 0 aromatic carbocycles. The molecular formula is C24H46N12O7. The topological polar surface area (TPSA) is 334 Å². The van der Waals surface area contributed by atoms with Gasteiger partial charge in [0.1, 0.15) is 30.2 Å². The summed E-state index contributed by atoms with van der Waals surface area (Å²) in [6.07, 6.45) is -1.66. The Morgan fingerprint density at radius 2 is 0.930 bits per heavy atom. The van der Waals surface area contributed by atoms with Crippen LogP contribution in [-0.2, 0) is 33.6 Å². The number of nitrogens with two attached hydrogens (primary N) is 5. The van der Waals surface area contributed by atoms with Crippen LogP contribution in [0, 0.1) is 0 Å². The van der Waals surface area contributed by atoms with Crippen molar-refractivity contribution >= 4 is 41.4 Å². The van der Waals surface area contributed by atoms with Gasteiger partial charge < -0.3 is 65.9 Å². The Hall–Kier alpha value is -3.91. The lowest BCUT2D eigenvalue weighted by Gasteiger charge is -2.25. The maximum Gasteiger partial charge on any atom is 0.258 e. The second kappa shape index (κ2) is 18.6. The van der Waals surface area contributed by atoms with E-state index in [-0.39, 0.29) is 51.9 Å². The van der Waals surface area contributed by atoms with Gasteiger partial charge in [0.05, 0.1) is 6.04 Å². The lowest BCUT2D eigenvalue weighted by Crippen LogP contribution is -2.61. The van der Waals surface area contributed by atoms with Crippen molar-refractivity contribution in [2.45, 2.75) is 81.9 Å². The number of hydrogen-bond acceptors (Lipinski definition) is 12. The van der Waals surface area contributed by atoms with E-state index in [2.05, 4.69) is 37.2 Å². The van der Waals surface area contributed by atoms with Crippen molar-refractivity contribution in [2.75, 3.05) is 26.2 Å². The summed E-state index contributed by atoms with van der Waals surface area (Å²) in [5, 5.41) is 17.0. The minimum absolute atomic E-state index is 0.00437. The van der Waals surface area contributed by atoms with Crippen LogP contribution in [0.4, 0.5) is 0 Å². The molecule has 0 spiro atoms. The second-order valence-corrected chi connectivity index (χ2v) is 10.0. The molecule has 0 aromatic heterocycles. The molecule has 1 rings (SSSR count). The average molecular weight is 615 g/mol. The molecule has 43 heavy (non-hydrogen) atoms. The van der Waals surface area contributed by atoms with Gasteiger partial charge in [-0.25, -0.2) is 0 Å². The Morgan fingerprint density at radius 3 is 1.44 bits per heavy atom. The number of hydrogen-bond donors (Lipinski definition) is 12. The van der Waals surface area contributed by atoms with Gasteiger partial charge in [-0.05, 0) is 59.2 Å². The van der Waals surface area contributed by atoms with Crippen LogP contribution < -0.4 is 65.9 Å². The average Bonchev–Trinajstić information content (AvgIpc) is 2.95. The van der Waals surface area contributed by atoms with Crippen LogP contribution >= 0.6 is 0 Å². The van der Waals surface area contributed by atoms with Crippen molar-refractivity contribution in [2.24, 2.45) is 28.7 Å². The highest BCUT2D eigenvalue weighted by atomic mass is 16.2. The summed E-state index contributed by atoms with van der Waals surface area (Å²) >= 11 is 0. The Morgan fingerprint density at radius 1 is 0.535 bits per heavy atom. The minimum Gasteiger partial charge on any atom is -0.354 e. The summed E-state index contributed by atoms with van der Waals surface area (Å²) in [6, 6.07) is -6.92. The van der Waals surface area contributed by atoms with Crippen molar-refractivity contribution in [1.29, 1.82) is 0 Å². The lowest BCUT2D eigenvalue weighted by atomic mass is 10.1. The van der Waals surface area contributed by atoms with Gasteiger partial charge in [-0.1, -0.05) is 0 Å². The fraction of sp³-hybridized carbons (Fsp3) is 0.708. The summed E-state index contributed by atoms with van der Waals surface area (Å²) < 4.78 is 0. The fourth-order valence-corrected chi connectivity index (χ4v) is 3.86. The Balaban J connectivity index is 3.25. The molecule has 244 valence electrons. The Kier molecular flexibility index (Phi) is 16.0. The van der Waals surface area contributed by atoms with Crippen molar-refractivity contribution in [3.63, 3.8) is 0 Å². The minimum atomic E-state index is -1.62. The van der Waals surface area contributed by atoms with Gasteiger partial charge in [0.25, 0.3) is 5.91 Å². The van der Waals surface area contributed by atoms with Crippen LogP contribution in [0.3, 0.4) is 0 Å². The third kappa shape index (κ3) is 12.5. The first kappa shape index (κ1) is 37.1. The molecule has 1 aliphatic rings. The molecule has 1 fully saturated rings. The molecule has 7 amide bonds. The van der Waals surface area contributed by atoms with E-state index < -0.39 is 83.8 Å². The molecule has 0 radical (unpaired) electrons. The van der Waals surface area contributed by atoms with Gasteiger partial charge >= 0.3 is 0 Å². The van der Waals surface area contributed by atoms with Crippen LogP contribution in [0.5, 0.6) is 0 Å². The second-order valence-electron chi connectivity index (χ2n) is 10.0. The smallest absolute Gasteiger partial charge is 0.258 e. The van der Waals surface area contributed by atoms with Crippen molar-refractivity contribution in [3.8, 4) is 0 Å². The predicted octanol–water partition coefficient (Wildman–Crippen LogP) is -7.26. The lowest BCUT2D eigenvalue weighted by molar-refractivity contribution is -0.135. The SMILES string of the molecule is C[C@@H]1NC(=O)[C@H](CCN)NC(=O)[C@H](CCN)NC(=O)[C@H](C)NC(=O)[C@@H](N)NC(=O)[C@H](CCN)NC(=O)[C@@H](N)CCNC1=O. The normalized spacial score (nSPS) is 29.7. The maximum atomic E-state index is 13.0. The van der Waals surface area contributed by atoms with E-state index in [0.717, 1.165) is 0 Å². The monoisotopic (exact) mass is 614 g/mol. The molecule has 19 heteroatoms. The number of carbonyl (C=O) groups excluding carboxylic acids is 7. The summed E-state index contributed by atoms with van der Waals surface area (Å²) in [6.45, 7) is 2.68. The van der Waals surface area contributed by atoms with Crippen LogP contribution in [-0.4, -0.2) is 110 Å². The van der Waals surface area contributed by atoms with E-state index in [4.69, 9.17) is 28.7 Å². The van der Waals surface area contributed by atoms with Crippen LogP contribution in [0.25, 0.3) is 0 Å². The van der Waals surface area contributed by atoms with E-state index in [0.29, 0.717) is 0 Å². The molecule has 0 unspecified atom stereocenters. The predicted molar refractivity (Wildman–Crippen MR) is 154 cm³/mol. The van der Waals surface area contributed by atoms with Gasteiger partial charge in [-0.3, -0.25) is 33.6 Å². The van der Waals surface area contributed by atoms with Gasteiger partial charge in [0.15, 0.2) is 6.17 Å². The molecule has 19 nitrogen and oxygen atoms in total. The molecular weight excluding hydrogens is 568 g/mol. The molecule has 1 aliphatic heterocycles. The van der Waals surface area contributed by atoms with Crippen molar-refractivity contribution < 1.29 is 33.6 Å². The van der Waals surface area contributed by atoms with Gasteiger partial charge in [-0.2, -0.15) is 0 Å². The number of nitrogens with one attached hydrogen (secondary N) is 7. The molecule has 0 aliphatic carbocycles. The third-order valence-electron chi connectivity index (χ3n) is 6.44. The van der Waals surface area contributed by atoms with Crippen molar-refractivity contribution in [1.82, 2.24) is 37.2 Å². The van der Waals surface area contributed by atoms with E-state index in [1.807, 2.05) is 0 Å². The third-order valence-corrected chi connectivity index (χ3v) is 6.44. The van der Waals surface area contributed by atoms with Gasteiger partial charge in [-0.15, -0.1) is 0 Å². The summed E-state index contributed by atoms with van der Waals surface area (Å²) in [4.78, 5) is 89.2. The van der Waals surface area contributed by atoms with Gasteiger partial charge in [0.2, 0.25) is 35.4 Å². The van der Waals surface area contributed by atoms with E-state index in [1.165, 1.54) is 13.8 Å². The van der Waals surface area contributed by atoms with E-state index in [1.54, 1.807) is 0 Å². The number of carbonyl (C=O) groups is 7. The maximum absolute atomic E-state index is 13.0.